The molecule has 0 bridgehead atoms. The summed E-state index contributed by atoms with van der Waals surface area (Å²) >= 11 is 1.48. The van der Waals surface area contributed by atoms with Gasteiger partial charge in [0.05, 0.1) is 10.6 Å². The summed E-state index contributed by atoms with van der Waals surface area (Å²) in [7, 11) is 0. The van der Waals surface area contributed by atoms with Crippen molar-refractivity contribution in [3.63, 3.8) is 0 Å². The third-order valence-electron chi connectivity index (χ3n) is 2.88. The Kier molecular flexibility index (Phi) is 3.26. The lowest BCUT2D eigenvalue weighted by atomic mass is 10.2. The lowest BCUT2D eigenvalue weighted by Crippen LogP contribution is -1.87. The Balaban J connectivity index is 1.98. The topological polar surface area (TPSA) is 56.0 Å². The van der Waals surface area contributed by atoms with Crippen LogP contribution in [0, 0.1) is 10.1 Å². The van der Waals surface area contributed by atoms with E-state index >= 15 is 0 Å². The zero-order valence-electron chi connectivity index (χ0n) is 10.4. The number of benzene rings is 2. The van der Waals surface area contributed by atoms with Crippen LogP contribution in [0.5, 0.6) is 0 Å². The predicted molar refractivity (Wildman–Crippen MR) is 79.6 cm³/mol. The molecular weight excluding hydrogens is 272 g/mol. The Bertz CT molecular complexity index is 753. The molecule has 3 rings (SSSR count). The number of nitro groups is 1. The summed E-state index contributed by atoms with van der Waals surface area (Å²) in [5.41, 5.74) is 2.78. The van der Waals surface area contributed by atoms with Crippen molar-refractivity contribution < 1.29 is 4.92 Å². The molecule has 0 atom stereocenters. The van der Waals surface area contributed by atoms with E-state index in [0.29, 0.717) is 0 Å². The SMILES string of the molecule is O=[N+]([O-])c1cccc(-c2nc(-c3ccccc3)cs2)c1. The zero-order chi connectivity index (χ0) is 13.9. The Morgan fingerprint density at radius 3 is 2.50 bits per heavy atom. The molecule has 1 aromatic heterocycles. The highest BCUT2D eigenvalue weighted by molar-refractivity contribution is 7.13. The number of hydrogen-bond acceptors (Lipinski definition) is 4. The Hall–Kier alpha value is -2.53. The molecule has 0 aliphatic carbocycles. The van der Waals surface area contributed by atoms with E-state index in [1.807, 2.05) is 41.8 Å². The molecule has 2 aromatic carbocycles. The number of hydrogen-bond donors (Lipinski definition) is 0. The maximum Gasteiger partial charge on any atom is 0.270 e. The predicted octanol–water partition coefficient (Wildman–Crippen LogP) is 4.39. The van der Waals surface area contributed by atoms with Crippen molar-refractivity contribution in [2.45, 2.75) is 0 Å². The maximum atomic E-state index is 10.8. The smallest absolute Gasteiger partial charge is 0.258 e. The van der Waals surface area contributed by atoms with Crippen molar-refractivity contribution in [1.82, 2.24) is 4.98 Å². The molecule has 0 fully saturated rings. The third kappa shape index (κ3) is 2.44. The van der Waals surface area contributed by atoms with Crippen LogP contribution in [0.3, 0.4) is 0 Å². The average molecular weight is 282 g/mol. The van der Waals surface area contributed by atoms with Gasteiger partial charge in [-0.2, -0.15) is 0 Å². The minimum absolute atomic E-state index is 0.0824. The molecule has 0 saturated heterocycles. The monoisotopic (exact) mass is 282 g/mol. The van der Waals surface area contributed by atoms with Gasteiger partial charge in [0.1, 0.15) is 5.01 Å². The zero-order valence-corrected chi connectivity index (χ0v) is 11.2. The lowest BCUT2D eigenvalue weighted by molar-refractivity contribution is -0.384. The quantitative estimate of drug-likeness (QED) is 0.529. The molecule has 0 aliphatic rings. The average Bonchev–Trinajstić information content (AvgIpc) is 2.98. The van der Waals surface area contributed by atoms with Crippen LogP contribution in [0.2, 0.25) is 0 Å². The minimum atomic E-state index is -0.394. The van der Waals surface area contributed by atoms with E-state index in [0.717, 1.165) is 21.8 Å². The van der Waals surface area contributed by atoms with Gasteiger partial charge in [-0.3, -0.25) is 10.1 Å². The van der Waals surface area contributed by atoms with Crippen molar-refractivity contribution >= 4 is 17.0 Å². The van der Waals surface area contributed by atoms with E-state index in [-0.39, 0.29) is 5.69 Å². The number of non-ortho nitro benzene ring substituents is 1. The fourth-order valence-electron chi connectivity index (χ4n) is 1.90. The molecule has 0 saturated carbocycles. The molecule has 4 nitrogen and oxygen atoms in total. The molecule has 20 heavy (non-hydrogen) atoms. The number of rotatable bonds is 3. The Labute approximate surface area is 119 Å². The van der Waals surface area contributed by atoms with Crippen LogP contribution in [-0.4, -0.2) is 9.91 Å². The highest BCUT2D eigenvalue weighted by atomic mass is 32.1. The number of aromatic nitrogens is 1. The molecule has 0 unspecified atom stereocenters. The molecule has 0 amide bonds. The van der Waals surface area contributed by atoms with E-state index < -0.39 is 4.92 Å². The Morgan fingerprint density at radius 2 is 1.75 bits per heavy atom. The first-order chi connectivity index (χ1) is 9.74. The van der Waals surface area contributed by atoms with Crippen LogP contribution >= 0.6 is 11.3 Å². The summed E-state index contributed by atoms with van der Waals surface area (Å²) in [6.07, 6.45) is 0. The van der Waals surface area contributed by atoms with Gasteiger partial charge in [-0.1, -0.05) is 42.5 Å². The standard InChI is InChI=1S/C15H10N2O2S/c18-17(19)13-8-4-7-12(9-13)15-16-14(10-20-15)11-5-2-1-3-6-11/h1-10H. The van der Waals surface area contributed by atoms with Gasteiger partial charge in [-0.05, 0) is 0 Å². The summed E-state index contributed by atoms with van der Waals surface area (Å²) in [5.74, 6) is 0. The van der Waals surface area contributed by atoms with Crippen molar-refractivity contribution in [2.24, 2.45) is 0 Å². The van der Waals surface area contributed by atoms with Crippen molar-refractivity contribution in [2.75, 3.05) is 0 Å². The molecular formula is C15H10N2O2S. The van der Waals surface area contributed by atoms with Crippen LogP contribution in [-0.2, 0) is 0 Å². The molecule has 5 heteroatoms. The van der Waals surface area contributed by atoms with Gasteiger partial charge in [0.15, 0.2) is 0 Å². The van der Waals surface area contributed by atoms with E-state index in [2.05, 4.69) is 4.98 Å². The van der Waals surface area contributed by atoms with E-state index in [4.69, 9.17) is 0 Å². The maximum absolute atomic E-state index is 10.8. The second kappa shape index (κ2) is 5.22. The normalized spacial score (nSPS) is 10.4. The first kappa shape index (κ1) is 12.5. The molecule has 1 heterocycles. The van der Waals surface area contributed by atoms with Gasteiger partial charge in [-0.25, -0.2) is 4.98 Å². The summed E-state index contributed by atoms with van der Waals surface area (Å²) in [6.45, 7) is 0. The molecule has 98 valence electrons. The summed E-state index contributed by atoms with van der Waals surface area (Å²) in [5, 5.41) is 13.5. The van der Waals surface area contributed by atoms with E-state index in [1.54, 1.807) is 12.1 Å². The first-order valence-electron chi connectivity index (χ1n) is 6.00. The van der Waals surface area contributed by atoms with Gasteiger partial charge in [0, 0.05) is 28.6 Å². The summed E-state index contributed by atoms with van der Waals surface area (Å²) < 4.78 is 0. The van der Waals surface area contributed by atoms with Gasteiger partial charge < -0.3 is 0 Å². The highest BCUT2D eigenvalue weighted by Crippen LogP contribution is 2.30. The molecule has 0 aliphatic heterocycles. The fraction of sp³-hybridized carbons (Fsp3) is 0. The van der Waals surface area contributed by atoms with Crippen LogP contribution in [0.1, 0.15) is 0 Å². The minimum Gasteiger partial charge on any atom is -0.258 e. The molecule has 0 spiro atoms. The summed E-state index contributed by atoms with van der Waals surface area (Å²) in [6, 6.07) is 16.4. The highest BCUT2D eigenvalue weighted by Gasteiger charge is 2.10. The second-order valence-corrected chi connectivity index (χ2v) is 5.07. The van der Waals surface area contributed by atoms with Crippen molar-refractivity contribution in [3.05, 3.63) is 70.1 Å². The van der Waals surface area contributed by atoms with E-state index in [9.17, 15) is 10.1 Å². The first-order valence-corrected chi connectivity index (χ1v) is 6.88. The fourth-order valence-corrected chi connectivity index (χ4v) is 2.73. The van der Waals surface area contributed by atoms with Crippen molar-refractivity contribution in [3.8, 4) is 21.8 Å². The Morgan fingerprint density at radius 1 is 1.00 bits per heavy atom. The van der Waals surface area contributed by atoms with Gasteiger partial charge in [0.25, 0.3) is 5.69 Å². The second-order valence-electron chi connectivity index (χ2n) is 4.21. The number of nitro benzene ring substituents is 1. The van der Waals surface area contributed by atoms with E-state index in [1.165, 1.54) is 17.4 Å². The van der Waals surface area contributed by atoms with Crippen LogP contribution in [0.25, 0.3) is 21.8 Å². The molecule has 0 N–H and O–H groups in total. The molecule has 0 radical (unpaired) electrons. The van der Waals surface area contributed by atoms with Crippen molar-refractivity contribution in [1.29, 1.82) is 0 Å². The van der Waals surface area contributed by atoms with Gasteiger partial charge in [-0.15, -0.1) is 11.3 Å². The number of nitrogens with zero attached hydrogens (tertiary/aromatic N) is 2. The van der Waals surface area contributed by atoms with Crippen LogP contribution in [0.4, 0.5) is 5.69 Å². The van der Waals surface area contributed by atoms with Crippen LogP contribution in [0.15, 0.2) is 60.0 Å². The van der Waals surface area contributed by atoms with Gasteiger partial charge >= 0.3 is 0 Å². The molecule has 3 aromatic rings. The lowest BCUT2D eigenvalue weighted by Gasteiger charge is -1.97. The van der Waals surface area contributed by atoms with Gasteiger partial charge in [0.2, 0.25) is 0 Å². The number of thiazole rings is 1. The van der Waals surface area contributed by atoms with Crippen LogP contribution < -0.4 is 0 Å². The summed E-state index contributed by atoms with van der Waals surface area (Å²) in [4.78, 5) is 15.0. The largest absolute Gasteiger partial charge is 0.270 e. The third-order valence-corrected chi connectivity index (χ3v) is 3.77.